The smallest absolute Gasteiger partial charge is 0.338 e. The Kier molecular flexibility index (Phi) is 3.99. The second kappa shape index (κ2) is 5.57. The number of anilines is 1. The zero-order chi connectivity index (χ0) is 15.7. The standard InChI is InChI=1S/C12H12ClN3O5/c1-6-11(17)14-2-3-15(6)10-8(12(18)19)4-7(16(20)21)5-9(10)13/h4-6H,2-3H2,1H3,(H,14,17)(H,18,19). The summed E-state index contributed by atoms with van der Waals surface area (Å²) in [4.78, 5) is 34.7. The zero-order valence-electron chi connectivity index (χ0n) is 11.0. The van der Waals surface area contributed by atoms with Crippen LogP contribution in [0.5, 0.6) is 0 Å². The second-order valence-electron chi connectivity index (χ2n) is 4.55. The van der Waals surface area contributed by atoms with Crippen molar-refractivity contribution in [1.29, 1.82) is 0 Å². The van der Waals surface area contributed by atoms with E-state index in [1.165, 1.54) is 4.90 Å². The molecule has 0 radical (unpaired) electrons. The van der Waals surface area contributed by atoms with Crippen molar-refractivity contribution >= 4 is 34.9 Å². The van der Waals surface area contributed by atoms with Gasteiger partial charge >= 0.3 is 5.97 Å². The summed E-state index contributed by atoms with van der Waals surface area (Å²) in [5.74, 6) is -1.60. The Morgan fingerprint density at radius 3 is 2.81 bits per heavy atom. The van der Waals surface area contributed by atoms with Crippen molar-refractivity contribution in [2.75, 3.05) is 18.0 Å². The number of nitrogens with zero attached hydrogens (tertiary/aromatic N) is 2. The van der Waals surface area contributed by atoms with E-state index in [9.17, 15) is 24.8 Å². The van der Waals surface area contributed by atoms with Crippen molar-refractivity contribution in [2.45, 2.75) is 13.0 Å². The lowest BCUT2D eigenvalue weighted by Crippen LogP contribution is -2.54. The van der Waals surface area contributed by atoms with E-state index in [1.807, 2.05) is 0 Å². The Hall–Kier alpha value is -2.35. The Morgan fingerprint density at radius 2 is 2.24 bits per heavy atom. The highest BCUT2D eigenvalue weighted by atomic mass is 35.5. The van der Waals surface area contributed by atoms with Crippen LogP contribution in [0.1, 0.15) is 17.3 Å². The molecule has 2 rings (SSSR count). The van der Waals surface area contributed by atoms with Crippen LogP contribution < -0.4 is 10.2 Å². The summed E-state index contributed by atoms with van der Waals surface area (Å²) in [5, 5.41) is 22.7. The van der Waals surface area contributed by atoms with E-state index >= 15 is 0 Å². The molecule has 2 N–H and O–H groups in total. The number of hydrogen-bond donors (Lipinski definition) is 2. The average Bonchev–Trinajstić information content (AvgIpc) is 2.41. The molecule has 8 nitrogen and oxygen atoms in total. The Balaban J connectivity index is 2.59. The number of nitro groups is 1. The van der Waals surface area contributed by atoms with Gasteiger partial charge < -0.3 is 15.3 Å². The summed E-state index contributed by atoms with van der Waals surface area (Å²) in [6.07, 6.45) is 0. The molecule has 1 fully saturated rings. The number of halogens is 1. The fraction of sp³-hybridized carbons (Fsp3) is 0.333. The fourth-order valence-electron chi connectivity index (χ4n) is 2.23. The van der Waals surface area contributed by atoms with Gasteiger partial charge in [-0.2, -0.15) is 0 Å². The number of nitro benzene ring substituents is 1. The van der Waals surface area contributed by atoms with Gasteiger partial charge in [0.2, 0.25) is 5.91 Å². The first kappa shape index (κ1) is 15.0. The van der Waals surface area contributed by atoms with Crippen LogP contribution in [0.2, 0.25) is 5.02 Å². The molecule has 1 aliphatic heterocycles. The first-order valence-electron chi connectivity index (χ1n) is 6.08. The number of carbonyl (C=O) groups is 2. The number of piperazine rings is 1. The van der Waals surface area contributed by atoms with Gasteiger partial charge in [-0.25, -0.2) is 4.79 Å². The van der Waals surface area contributed by atoms with Crippen LogP contribution in [0.25, 0.3) is 0 Å². The first-order chi connectivity index (χ1) is 9.82. The monoisotopic (exact) mass is 313 g/mol. The molecular formula is C12H12ClN3O5. The van der Waals surface area contributed by atoms with Crippen LogP contribution in [0.3, 0.4) is 0 Å². The van der Waals surface area contributed by atoms with Crippen molar-refractivity contribution in [3.8, 4) is 0 Å². The van der Waals surface area contributed by atoms with Crippen molar-refractivity contribution in [3.63, 3.8) is 0 Å². The van der Waals surface area contributed by atoms with E-state index in [1.54, 1.807) is 6.92 Å². The molecule has 0 bridgehead atoms. The number of amides is 1. The SMILES string of the molecule is CC1C(=O)NCCN1c1c(Cl)cc([N+](=O)[O-])cc1C(=O)O. The number of hydrogen-bond acceptors (Lipinski definition) is 5. The molecule has 0 saturated carbocycles. The molecule has 0 aromatic heterocycles. The van der Waals surface area contributed by atoms with E-state index in [4.69, 9.17) is 11.6 Å². The number of carboxylic acids is 1. The molecule has 9 heteroatoms. The number of benzene rings is 1. The van der Waals surface area contributed by atoms with Gasteiger partial charge in [0, 0.05) is 25.2 Å². The quantitative estimate of drug-likeness (QED) is 0.642. The van der Waals surface area contributed by atoms with E-state index in [-0.39, 0.29) is 22.2 Å². The summed E-state index contributed by atoms with van der Waals surface area (Å²) in [7, 11) is 0. The predicted molar refractivity (Wildman–Crippen MR) is 74.9 cm³/mol. The highest BCUT2D eigenvalue weighted by Gasteiger charge is 2.31. The number of carbonyl (C=O) groups excluding carboxylic acids is 1. The molecule has 1 unspecified atom stereocenters. The van der Waals surface area contributed by atoms with Crippen LogP contribution in [0.15, 0.2) is 12.1 Å². The first-order valence-corrected chi connectivity index (χ1v) is 6.46. The second-order valence-corrected chi connectivity index (χ2v) is 4.95. The van der Waals surface area contributed by atoms with Crippen LogP contribution in [-0.4, -0.2) is 41.0 Å². The normalized spacial score (nSPS) is 18.3. The van der Waals surface area contributed by atoms with Gasteiger partial charge in [0.15, 0.2) is 0 Å². The van der Waals surface area contributed by atoms with Gasteiger partial charge in [-0.05, 0) is 6.92 Å². The Labute approximate surface area is 124 Å². The Bertz CT molecular complexity index is 634. The molecule has 1 aromatic carbocycles. The van der Waals surface area contributed by atoms with E-state index in [2.05, 4.69) is 5.32 Å². The van der Waals surface area contributed by atoms with Gasteiger partial charge in [0.1, 0.15) is 6.04 Å². The summed E-state index contributed by atoms with van der Waals surface area (Å²) in [6, 6.07) is 1.42. The Morgan fingerprint density at radius 1 is 1.57 bits per heavy atom. The lowest BCUT2D eigenvalue weighted by Gasteiger charge is -2.35. The molecule has 1 saturated heterocycles. The predicted octanol–water partition coefficient (Wildman–Crippen LogP) is 1.27. The van der Waals surface area contributed by atoms with E-state index in [0.717, 1.165) is 12.1 Å². The molecular weight excluding hydrogens is 302 g/mol. The van der Waals surface area contributed by atoms with Gasteiger partial charge in [0.25, 0.3) is 5.69 Å². The average molecular weight is 314 g/mol. The van der Waals surface area contributed by atoms with Gasteiger partial charge in [-0.3, -0.25) is 14.9 Å². The maximum atomic E-state index is 11.7. The highest BCUT2D eigenvalue weighted by molar-refractivity contribution is 6.34. The molecule has 21 heavy (non-hydrogen) atoms. The van der Waals surface area contributed by atoms with E-state index < -0.39 is 22.6 Å². The maximum absolute atomic E-state index is 11.7. The number of nitrogens with one attached hydrogen (secondary N) is 1. The molecule has 0 spiro atoms. The number of carboxylic acid groups (broad SMARTS) is 1. The van der Waals surface area contributed by atoms with Gasteiger partial charge in [0.05, 0.1) is 21.2 Å². The third kappa shape index (κ3) is 2.75. The summed E-state index contributed by atoms with van der Waals surface area (Å²) in [6.45, 7) is 2.32. The van der Waals surface area contributed by atoms with Crippen LogP contribution in [0, 0.1) is 10.1 Å². The molecule has 0 aliphatic carbocycles. The summed E-state index contributed by atoms with van der Waals surface area (Å²) < 4.78 is 0. The van der Waals surface area contributed by atoms with Crippen LogP contribution in [0.4, 0.5) is 11.4 Å². The minimum Gasteiger partial charge on any atom is -0.478 e. The lowest BCUT2D eigenvalue weighted by atomic mass is 10.1. The largest absolute Gasteiger partial charge is 0.478 e. The third-order valence-electron chi connectivity index (χ3n) is 3.28. The van der Waals surface area contributed by atoms with Crippen LogP contribution >= 0.6 is 11.6 Å². The number of aromatic carboxylic acids is 1. The molecule has 1 heterocycles. The molecule has 1 atom stereocenters. The molecule has 1 amide bonds. The van der Waals surface area contributed by atoms with Crippen molar-refractivity contribution < 1.29 is 19.6 Å². The van der Waals surface area contributed by atoms with E-state index in [0.29, 0.717) is 13.1 Å². The summed E-state index contributed by atoms with van der Waals surface area (Å²) >= 11 is 6.03. The molecule has 112 valence electrons. The highest BCUT2D eigenvalue weighted by Crippen LogP contribution is 2.35. The third-order valence-corrected chi connectivity index (χ3v) is 3.56. The van der Waals surface area contributed by atoms with Crippen molar-refractivity contribution in [1.82, 2.24) is 5.32 Å². The van der Waals surface area contributed by atoms with Gasteiger partial charge in [-0.15, -0.1) is 0 Å². The summed E-state index contributed by atoms with van der Waals surface area (Å²) in [5.41, 5.74) is -0.580. The zero-order valence-corrected chi connectivity index (χ0v) is 11.8. The maximum Gasteiger partial charge on any atom is 0.338 e. The minimum absolute atomic E-state index is 0.0665. The minimum atomic E-state index is -1.34. The van der Waals surface area contributed by atoms with Crippen molar-refractivity contribution in [2.24, 2.45) is 0 Å². The molecule has 1 aliphatic rings. The number of non-ortho nitro benzene ring substituents is 1. The van der Waals surface area contributed by atoms with Gasteiger partial charge in [-0.1, -0.05) is 11.6 Å². The topological polar surface area (TPSA) is 113 Å². The van der Waals surface area contributed by atoms with Crippen molar-refractivity contribution in [3.05, 3.63) is 32.8 Å². The fourth-order valence-corrected chi connectivity index (χ4v) is 2.56. The lowest BCUT2D eigenvalue weighted by molar-refractivity contribution is -0.384. The molecule has 1 aromatic rings. The number of rotatable bonds is 3. The van der Waals surface area contributed by atoms with Crippen LogP contribution in [-0.2, 0) is 4.79 Å².